The average Bonchev–Trinajstić information content (AvgIpc) is 2.15. The summed E-state index contributed by atoms with van der Waals surface area (Å²) in [5, 5.41) is 0. The van der Waals surface area contributed by atoms with E-state index in [4.69, 9.17) is 69.6 Å². The number of pyridine rings is 1. The van der Waals surface area contributed by atoms with E-state index in [-0.39, 0.29) is 0 Å². The van der Waals surface area contributed by atoms with Crippen LogP contribution >= 0.6 is 69.6 Å². The molecule has 0 saturated carbocycles. The highest BCUT2D eigenvalue weighted by Gasteiger charge is 2.32. The molecule has 0 bridgehead atoms. The summed E-state index contributed by atoms with van der Waals surface area (Å²) in [5.74, 6) is 0. The molecular formula is C8H5Cl6NO3. The summed E-state index contributed by atoms with van der Waals surface area (Å²) in [7, 11) is 0. The molecule has 0 saturated heterocycles. The van der Waals surface area contributed by atoms with Gasteiger partial charge in [0.2, 0.25) is 0 Å². The summed E-state index contributed by atoms with van der Waals surface area (Å²) in [5.41, 5.74) is 0. The van der Waals surface area contributed by atoms with Crippen molar-refractivity contribution in [3.8, 4) is 0 Å². The molecule has 4 nitrogen and oxygen atoms in total. The number of halogens is 6. The Morgan fingerprint density at radius 1 is 0.833 bits per heavy atom. The van der Waals surface area contributed by atoms with Crippen LogP contribution in [0.3, 0.4) is 0 Å². The summed E-state index contributed by atoms with van der Waals surface area (Å²) in [4.78, 5) is 14.3. The van der Waals surface area contributed by atoms with E-state index in [1.165, 1.54) is 0 Å². The Hall–Kier alpha value is 0.160. The van der Waals surface area contributed by atoms with Crippen molar-refractivity contribution in [1.29, 1.82) is 0 Å². The minimum atomic E-state index is -2.24. The largest absolute Gasteiger partial charge is 0.515 e. The summed E-state index contributed by atoms with van der Waals surface area (Å²) in [6.07, 6.45) is 2.09. The molecule has 0 aliphatic heterocycles. The van der Waals surface area contributed by atoms with Gasteiger partial charge in [-0.3, -0.25) is 4.98 Å². The highest BCUT2D eigenvalue weighted by molar-refractivity contribution is 6.67. The predicted octanol–water partition coefficient (Wildman–Crippen LogP) is 4.88. The lowest BCUT2D eigenvalue weighted by Gasteiger charge is -2.15. The SMILES string of the molecule is O=C(OC(Cl)(Cl)Cl)OC(Cl)(Cl)Cl.c1ccncc1. The first-order chi connectivity index (χ1) is 8.10. The molecule has 1 rings (SSSR count). The molecule has 0 aliphatic rings. The minimum absolute atomic E-state index is 1.41. The van der Waals surface area contributed by atoms with Gasteiger partial charge in [0.1, 0.15) is 0 Å². The van der Waals surface area contributed by atoms with Gasteiger partial charge in [0.25, 0.3) is 0 Å². The summed E-state index contributed by atoms with van der Waals surface area (Å²) in [6, 6.07) is 5.72. The number of hydrogen-bond acceptors (Lipinski definition) is 4. The number of hydrogen-bond donors (Lipinski definition) is 0. The van der Waals surface area contributed by atoms with E-state index >= 15 is 0 Å². The van der Waals surface area contributed by atoms with Crippen molar-refractivity contribution in [2.45, 2.75) is 7.96 Å². The van der Waals surface area contributed by atoms with Crippen molar-refractivity contribution in [2.24, 2.45) is 0 Å². The molecule has 0 N–H and O–H groups in total. The van der Waals surface area contributed by atoms with Crippen molar-refractivity contribution >= 4 is 75.8 Å². The standard InChI is InChI=1S/C5H5N.C3Cl6O3/c1-2-4-6-5-3-1;4-2(5,6)11-1(10)12-3(7,8)9/h1-5H;. The van der Waals surface area contributed by atoms with Gasteiger partial charge in [-0.15, -0.1) is 0 Å². The third kappa shape index (κ3) is 14.2. The van der Waals surface area contributed by atoms with Crippen molar-refractivity contribution in [2.75, 3.05) is 0 Å². The second kappa shape index (κ2) is 8.35. The van der Waals surface area contributed by atoms with Crippen LogP contribution in [0.1, 0.15) is 0 Å². The number of rotatable bonds is 0. The van der Waals surface area contributed by atoms with Crippen molar-refractivity contribution in [1.82, 2.24) is 4.98 Å². The molecule has 10 heteroatoms. The average molecular weight is 376 g/mol. The van der Waals surface area contributed by atoms with E-state index in [1.807, 2.05) is 18.2 Å². The number of carbonyl (C=O) groups excluding carboxylic acids is 1. The predicted molar refractivity (Wildman–Crippen MR) is 72.4 cm³/mol. The van der Waals surface area contributed by atoms with Crippen molar-refractivity contribution in [3.63, 3.8) is 0 Å². The van der Waals surface area contributed by atoms with Crippen LogP contribution in [0.4, 0.5) is 4.79 Å². The smallest absolute Gasteiger partial charge is 0.382 e. The first kappa shape index (κ1) is 18.2. The molecule has 0 spiro atoms. The lowest BCUT2D eigenvalue weighted by molar-refractivity contribution is 0.0508. The molecule has 18 heavy (non-hydrogen) atoms. The second-order valence-corrected chi connectivity index (χ2v) is 6.72. The molecule has 0 fully saturated rings. The lowest BCUT2D eigenvalue weighted by Crippen LogP contribution is -2.22. The second-order valence-electron chi connectivity index (χ2n) is 2.37. The Labute approximate surface area is 133 Å². The zero-order valence-electron chi connectivity index (χ0n) is 8.33. The Morgan fingerprint density at radius 2 is 1.22 bits per heavy atom. The topological polar surface area (TPSA) is 48.4 Å². The van der Waals surface area contributed by atoms with Gasteiger partial charge in [0, 0.05) is 12.4 Å². The fourth-order valence-electron chi connectivity index (χ4n) is 0.522. The van der Waals surface area contributed by atoms with E-state index < -0.39 is 14.1 Å². The number of aromatic nitrogens is 1. The lowest BCUT2D eigenvalue weighted by atomic mass is 10.5. The van der Waals surface area contributed by atoms with Gasteiger partial charge in [-0.2, -0.15) is 0 Å². The van der Waals surface area contributed by atoms with Gasteiger partial charge in [0.15, 0.2) is 0 Å². The third-order valence-electron chi connectivity index (χ3n) is 0.965. The first-order valence-corrected chi connectivity index (χ1v) is 6.27. The zero-order chi connectivity index (χ0) is 14.2. The van der Waals surface area contributed by atoms with Crippen LogP contribution in [0.15, 0.2) is 30.6 Å². The molecule has 0 aromatic carbocycles. The third-order valence-corrected chi connectivity index (χ3v) is 1.43. The van der Waals surface area contributed by atoms with E-state index in [0.717, 1.165) is 0 Å². The first-order valence-electron chi connectivity index (χ1n) is 4.00. The maximum atomic E-state index is 10.5. The van der Waals surface area contributed by atoms with Gasteiger partial charge in [-0.05, 0) is 81.7 Å². The summed E-state index contributed by atoms with van der Waals surface area (Å²) >= 11 is 30.2. The Balaban J connectivity index is 0.000000397. The molecular weight excluding hydrogens is 371 g/mol. The highest BCUT2D eigenvalue weighted by atomic mass is 35.6. The molecule has 102 valence electrons. The normalized spacial score (nSPS) is 11.0. The van der Waals surface area contributed by atoms with Crippen LogP contribution < -0.4 is 0 Å². The van der Waals surface area contributed by atoms with E-state index in [2.05, 4.69) is 14.5 Å². The zero-order valence-corrected chi connectivity index (χ0v) is 12.9. The molecule has 1 aromatic heterocycles. The van der Waals surface area contributed by atoms with E-state index in [9.17, 15) is 4.79 Å². The maximum Gasteiger partial charge on any atom is 0.515 e. The van der Waals surface area contributed by atoms with Crippen molar-refractivity contribution in [3.05, 3.63) is 30.6 Å². The highest BCUT2D eigenvalue weighted by Crippen LogP contribution is 2.32. The van der Waals surface area contributed by atoms with Crippen LogP contribution in [-0.4, -0.2) is 19.1 Å². The molecule has 0 amide bonds. The van der Waals surface area contributed by atoms with Gasteiger partial charge in [-0.25, -0.2) is 4.79 Å². The Kier molecular flexibility index (Phi) is 8.43. The molecule has 0 aliphatic carbocycles. The van der Waals surface area contributed by atoms with Crippen LogP contribution in [0.5, 0.6) is 0 Å². The van der Waals surface area contributed by atoms with Crippen LogP contribution in [0.2, 0.25) is 0 Å². The molecule has 0 radical (unpaired) electrons. The fraction of sp³-hybridized carbons (Fsp3) is 0.250. The quantitative estimate of drug-likeness (QED) is 0.479. The fourth-order valence-corrected chi connectivity index (χ4v) is 0.900. The molecule has 1 aromatic rings. The van der Waals surface area contributed by atoms with Gasteiger partial charge < -0.3 is 9.47 Å². The van der Waals surface area contributed by atoms with Gasteiger partial charge >= 0.3 is 14.1 Å². The molecule has 0 unspecified atom stereocenters. The van der Waals surface area contributed by atoms with Gasteiger partial charge in [-0.1, -0.05) is 6.07 Å². The Morgan fingerprint density at radius 3 is 1.39 bits per heavy atom. The summed E-state index contributed by atoms with van der Waals surface area (Å²) < 4.78 is 3.50. The van der Waals surface area contributed by atoms with Crippen LogP contribution in [0, 0.1) is 0 Å². The Bertz CT molecular complexity index is 305. The van der Waals surface area contributed by atoms with Gasteiger partial charge in [0.05, 0.1) is 0 Å². The van der Waals surface area contributed by atoms with E-state index in [1.54, 1.807) is 12.4 Å². The molecule has 1 heterocycles. The minimum Gasteiger partial charge on any atom is -0.382 e. The molecule has 0 atom stereocenters. The summed E-state index contributed by atoms with van der Waals surface area (Å²) in [6.45, 7) is 0. The number of alkyl halides is 6. The van der Waals surface area contributed by atoms with Crippen LogP contribution in [0.25, 0.3) is 0 Å². The number of carbonyl (C=O) groups is 1. The van der Waals surface area contributed by atoms with E-state index in [0.29, 0.717) is 0 Å². The maximum absolute atomic E-state index is 10.5. The number of ether oxygens (including phenoxy) is 2. The van der Waals surface area contributed by atoms with Crippen LogP contribution in [-0.2, 0) is 9.47 Å². The van der Waals surface area contributed by atoms with Crippen molar-refractivity contribution < 1.29 is 14.3 Å². The monoisotopic (exact) mass is 373 g/mol. The number of nitrogens with zero attached hydrogens (tertiary/aromatic N) is 1.